The van der Waals surface area contributed by atoms with Crippen LogP contribution in [-0.2, 0) is 13.0 Å². The van der Waals surface area contributed by atoms with E-state index >= 15 is 0 Å². The number of methoxy groups -OCH3 is 2. The van der Waals surface area contributed by atoms with E-state index in [1.807, 2.05) is 29.2 Å². The van der Waals surface area contributed by atoms with E-state index in [0.717, 1.165) is 12.0 Å². The fraction of sp³-hybridized carbons (Fsp3) is 0.316. The van der Waals surface area contributed by atoms with E-state index in [2.05, 4.69) is 0 Å². The number of nitrogens with zero attached hydrogens (tertiary/aromatic N) is 1. The highest BCUT2D eigenvalue weighted by molar-refractivity contribution is 5.98. The van der Waals surface area contributed by atoms with Gasteiger partial charge in [-0.2, -0.15) is 0 Å². The molecule has 0 spiro atoms. The number of amides is 1. The van der Waals surface area contributed by atoms with Crippen molar-refractivity contribution >= 4 is 5.91 Å². The summed E-state index contributed by atoms with van der Waals surface area (Å²) in [7, 11) is 3.24. The Morgan fingerprint density at radius 1 is 1.08 bits per heavy atom. The van der Waals surface area contributed by atoms with E-state index in [4.69, 9.17) is 18.9 Å². The topological polar surface area (TPSA) is 57.2 Å². The summed E-state index contributed by atoms with van der Waals surface area (Å²) in [5.41, 5.74) is 2.79. The summed E-state index contributed by atoms with van der Waals surface area (Å²) in [4.78, 5) is 14.8. The lowest BCUT2D eigenvalue weighted by molar-refractivity contribution is 0.0729. The predicted molar refractivity (Wildman–Crippen MR) is 90.6 cm³/mol. The summed E-state index contributed by atoms with van der Waals surface area (Å²) in [6.07, 6.45) is 0.772. The number of hydrogen-bond donors (Lipinski definition) is 0. The van der Waals surface area contributed by atoms with Crippen molar-refractivity contribution in [1.29, 1.82) is 0 Å². The summed E-state index contributed by atoms with van der Waals surface area (Å²) < 4.78 is 21.6. The molecule has 0 saturated carbocycles. The number of benzene rings is 2. The van der Waals surface area contributed by atoms with Crippen molar-refractivity contribution in [2.24, 2.45) is 0 Å². The molecule has 4 rings (SSSR count). The minimum absolute atomic E-state index is 0.0530. The lowest BCUT2D eigenvalue weighted by Gasteiger charge is -2.30. The van der Waals surface area contributed by atoms with Crippen LogP contribution in [-0.4, -0.2) is 38.4 Å². The van der Waals surface area contributed by atoms with Gasteiger partial charge in [0.15, 0.2) is 23.0 Å². The first kappa shape index (κ1) is 15.6. The van der Waals surface area contributed by atoms with E-state index in [-0.39, 0.29) is 12.7 Å². The Kier molecular flexibility index (Phi) is 3.87. The van der Waals surface area contributed by atoms with E-state index in [1.165, 1.54) is 5.56 Å². The number of carbonyl (C=O) groups excluding carboxylic acids is 1. The van der Waals surface area contributed by atoms with Crippen molar-refractivity contribution in [3.8, 4) is 23.0 Å². The Bertz CT molecular complexity index is 833. The molecule has 0 unspecified atom stereocenters. The van der Waals surface area contributed by atoms with Gasteiger partial charge in [-0.15, -0.1) is 0 Å². The van der Waals surface area contributed by atoms with Crippen molar-refractivity contribution in [3.05, 3.63) is 47.0 Å². The number of hydrogen-bond acceptors (Lipinski definition) is 5. The summed E-state index contributed by atoms with van der Waals surface area (Å²) in [5, 5.41) is 0. The van der Waals surface area contributed by atoms with Gasteiger partial charge < -0.3 is 23.8 Å². The van der Waals surface area contributed by atoms with Crippen molar-refractivity contribution in [1.82, 2.24) is 4.90 Å². The molecule has 2 aliphatic heterocycles. The fourth-order valence-corrected chi connectivity index (χ4v) is 3.33. The van der Waals surface area contributed by atoms with E-state index in [1.54, 1.807) is 20.3 Å². The normalized spacial score (nSPS) is 14.9. The van der Waals surface area contributed by atoms with Crippen LogP contribution < -0.4 is 18.9 Å². The Labute approximate surface area is 145 Å². The zero-order chi connectivity index (χ0) is 17.4. The number of para-hydroxylation sites is 1. The third-order valence-corrected chi connectivity index (χ3v) is 4.63. The molecule has 0 N–H and O–H groups in total. The van der Waals surface area contributed by atoms with E-state index in [9.17, 15) is 4.79 Å². The Morgan fingerprint density at radius 3 is 2.60 bits per heavy atom. The molecule has 2 aromatic rings. The molecule has 130 valence electrons. The zero-order valence-electron chi connectivity index (χ0n) is 14.2. The third kappa shape index (κ3) is 2.63. The molecule has 0 atom stereocenters. The standard InChI is InChI=1S/C19H19NO5/c1-22-16-8-12-6-7-20(10-13(12)9-17(16)23-2)19(21)14-4-3-5-15-18(14)25-11-24-15/h3-5,8-9H,6-7,10-11H2,1-2H3. The van der Waals surface area contributed by atoms with Gasteiger partial charge in [-0.05, 0) is 41.8 Å². The largest absolute Gasteiger partial charge is 0.493 e. The van der Waals surface area contributed by atoms with Gasteiger partial charge in [-0.3, -0.25) is 4.79 Å². The molecule has 2 heterocycles. The number of ether oxygens (including phenoxy) is 4. The smallest absolute Gasteiger partial charge is 0.258 e. The summed E-state index contributed by atoms with van der Waals surface area (Å²) >= 11 is 0. The van der Waals surface area contributed by atoms with Crippen LogP contribution in [0.15, 0.2) is 30.3 Å². The Balaban J connectivity index is 1.62. The van der Waals surface area contributed by atoms with Gasteiger partial charge in [0.1, 0.15) is 0 Å². The lowest BCUT2D eigenvalue weighted by Crippen LogP contribution is -2.36. The fourth-order valence-electron chi connectivity index (χ4n) is 3.33. The van der Waals surface area contributed by atoms with Gasteiger partial charge in [-0.1, -0.05) is 6.07 Å². The first-order chi connectivity index (χ1) is 12.2. The van der Waals surface area contributed by atoms with Gasteiger partial charge in [0, 0.05) is 13.1 Å². The zero-order valence-corrected chi connectivity index (χ0v) is 14.2. The maximum atomic E-state index is 13.0. The van der Waals surface area contributed by atoms with E-state index in [0.29, 0.717) is 41.7 Å². The van der Waals surface area contributed by atoms with Crippen molar-refractivity contribution in [2.45, 2.75) is 13.0 Å². The van der Waals surface area contributed by atoms with Gasteiger partial charge >= 0.3 is 0 Å². The predicted octanol–water partition coefficient (Wildman–Crippen LogP) is 2.63. The molecule has 6 nitrogen and oxygen atoms in total. The molecular formula is C19H19NO5. The van der Waals surface area contributed by atoms with Crippen LogP contribution in [0.25, 0.3) is 0 Å². The van der Waals surface area contributed by atoms with Crippen LogP contribution in [0.1, 0.15) is 21.5 Å². The highest BCUT2D eigenvalue weighted by atomic mass is 16.7. The second-order valence-electron chi connectivity index (χ2n) is 5.99. The van der Waals surface area contributed by atoms with Gasteiger partial charge in [0.25, 0.3) is 5.91 Å². The highest BCUT2D eigenvalue weighted by Gasteiger charge is 2.28. The molecule has 0 bridgehead atoms. The number of rotatable bonds is 3. The second-order valence-corrected chi connectivity index (χ2v) is 5.99. The van der Waals surface area contributed by atoms with Crippen LogP contribution >= 0.6 is 0 Å². The van der Waals surface area contributed by atoms with E-state index < -0.39 is 0 Å². The summed E-state index contributed by atoms with van der Waals surface area (Å²) in [6.45, 7) is 1.32. The molecule has 25 heavy (non-hydrogen) atoms. The summed E-state index contributed by atoms with van der Waals surface area (Å²) in [5.74, 6) is 2.49. The molecule has 0 aliphatic carbocycles. The van der Waals surface area contributed by atoms with Crippen LogP contribution in [0.5, 0.6) is 23.0 Å². The van der Waals surface area contributed by atoms with Gasteiger partial charge in [0.2, 0.25) is 6.79 Å². The average Bonchev–Trinajstić information content (AvgIpc) is 3.14. The molecule has 0 aromatic heterocycles. The van der Waals surface area contributed by atoms with Gasteiger partial charge in [0.05, 0.1) is 19.8 Å². The molecular weight excluding hydrogens is 322 g/mol. The molecule has 2 aliphatic rings. The molecule has 0 radical (unpaired) electrons. The van der Waals surface area contributed by atoms with Crippen molar-refractivity contribution in [2.75, 3.05) is 27.6 Å². The lowest BCUT2D eigenvalue weighted by atomic mass is 9.98. The SMILES string of the molecule is COc1cc2c(cc1OC)CN(C(=O)c1cccc3c1OCO3)CC2. The Hall–Kier alpha value is -2.89. The van der Waals surface area contributed by atoms with Crippen LogP contribution in [0.4, 0.5) is 0 Å². The van der Waals surface area contributed by atoms with Crippen molar-refractivity contribution < 1.29 is 23.7 Å². The van der Waals surface area contributed by atoms with Gasteiger partial charge in [-0.25, -0.2) is 0 Å². The minimum Gasteiger partial charge on any atom is -0.493 e. The minimum atomic E-state index is -0.0530. The Morgan fingerprint density at radius 2 is 1.84 bits per heavy atom. The van der Waals surface area contributed by atoms with Crippen LogP contribution in [0, 0.1) is 0 Å². The highest BCUT2D eigenvalue weighted by Crippen LogP contribution is 2.37. The average molecular weight is 341 g/mol. The monoisotopic (exact) mass is 341 g/mol. The molecule has 1 amide bonds. The first-order valence-corrected chi connectivity index (χ1v) is 8.13. The quantitative estimate of drug-likeness (QED) is 0.859. The number of carbonyl (C=O) groups is 1. The molecule has 2 aromatic carbocycles. The number of fused-ring (bicyclic) bond motifs is 2. The molecule has 0 fully saturated rings. The van der Waals surface area contributed by atoms with Crippen molar-refractivity contribution in [3.63, 3.8) is 0 Å². The first-order valence-electron chi connectivity index (χ1n) is 8.13. The summed E-state index contributed by atoms with van der Waals surface area (Å²) in [6, 6.07) is 9.34. The maximum Gasteiger partial charge on any atom is 0.258 e. The molecule has 6 heteroatoms. The maximum absolute atomic E-state index is 13.0. The second kappa shape index (κ2) is 6.20. The molecule has 0 saturated heterocycles. The third-order valence-electron chi connectivity index (χ3n) is 4.63. The van der Waals surface area contributed by atoms with Crippen LogP contribution in [0.3, 0.4) is 0 Å². The van der Waals surface area contributed by atoms with Crippen LogP contribution in [0.2, 0.25) is 0 Å².